The molecule has 1 aliphatic carbocycles. The van der Waals surface area contributed by atoms with Crippen molar-refractivity contribution in [2.75, 3.05) is 6.61 Å². The van der Waals surface area contributed by atoms with E-state index in [-0.39, 0.29) is 11.9 Å². The second-order valence-electron chi connectivity index (χ2n) is 5.70. The van der Waals surface area contributed by atoms with Crippen LogP contribution in [0, 0.1) is 19.8 Å². The number of hydrogen-bond acceptors (Lipinski definition) is 4. The highest BCUT2D eigenvalue weighted by Crippen LogP contribution is 2.40. The Morgan fingerprint density at radius 1 is 1.45 bits per heavy atom. The van der Waals surface area contributed by atoms with Gasteiger partial charge in [-0.3, -0.25) is 4.68 Å². The van der Waals surface area contributed by atoms with Crippen molar-refractivity contribution in [2.24, 2.45) is 11.7 Å². The molecule has 20 heavy (non-hydrogen) atoms. The number of rotatable bonds is 6. The molecule has 1 aromatic rings. The van der Waals surface area contributed by atoms with Crippen molar-refractivity contribution in [3.05, 3.63) is 17.0 Å². The summed E-state index contributed by atoms with van der Waals surface area (Å²) in [6.45, 7) is 8.73. The molecule has 1 aromatic heterocycles. The molecule has 1 heterocycles. The molecule has 1 fully saturated rings. The molecule has 0 aromatic carbocycles. The van der Waals surface area contributed by atoms with Gasteiger partial charge < -0.3 is 10.5 Å². The predicted molar refractivity (Wildman–Crippen MR) is 77.4 cm³/mol. The lowest BCUT2D eigenvalue weighted by atomic mass is 9.94. The Kier molecular flexibility index (Phi) is 4.18. The van der Waals surface area contributed by atoms with Crippen LogP contribution in [0.3, 0.4) is 0 Å². The van der Waals surface area contributed by atoms with E-state index in [9.17, 15) is 4.79 Å². The minimum atomic E-state index is -0.940. The van der Waals surface area contributed by atoms with E-state index in [0.717, 1.165) is 30.7 Å². The van der Waals surface area contributed by atoms with Gasteiger partial charge in [0.25, 0.3) is 0 Å². The number of hydrogen-bond donors (Lipinski definition) is 1. The highest BCUT2D eigenvalue weighted by atomic mass is 16.5. The van der Waals surface area contributed by atoms with Crippen molar-refractivity contribution in [2.45, 2.75) is 59.0 Å². The normalized spacial score (nSPS) is 17.9. The number of esters is 1. The van der Waals surface area contributed by atoms with Gasteiger partial charge in [0.05, 0.1) is 18.8 Å². The molecule has 1 atom stereocenters. The predicted octanol–water partition coefficient (Wildman–Crippen LogP) is 1.73. The minimum Gasteiger partial charge on any atom is -0.465 e. The highest BCUT2D eigenvalue weighted by molar-refractivity contribution is 5.81. The van der Waals surface area contributed by atoms with Gasteiger partial charge in [-0.05, 0) is 51.5 Å². The van der Waals surface area contributed by atoms with Crippen LogP contribution in [0.1, 0.15) is 43.6 Å². The maximum absolute atomic E-state index is 12.2. The van der Waals surface area contributed by atoms with Crippen LogP contribution in [0.4, 0.5) is 0 Å². The lowest BCUT2D eigenvalue weighted by molar-refractivity contribution is -0.151. The highest BCUT2D eigenvalue weighted by Gasteiger charge is 2.50. The molecule has 0 amide bonds. The quantitative estimate of drug-likeness (QED) is 0.805. The van der Waals surface area contributed by atoms with Crippen molar-refractivity contribution in [3.63, 3.8) is 0 Å². The molecule has 2 rings (SSSR count). The summed E-state index contributed by atoms with van der Waals surface area (Å²) in [7, 11) is 0. The van der Waals surface area contributed by atoms with E-state index in [1.807, 2.05) is 25.5 Å². The topological polar surface area (TPSA) is 70.1 Å². The Morgan fingerprint density at radius 3 is 2.55 bits per heavy atom. The Morgan fingerprint density at radius 2 is 2.10 bits per heavy atom. The molecule has 0 saturated heterocycles. The van der Waals surface area contributed by atoms with Gasteiger partial charge in [-0.1, -0.05) is 6.92 Å². The third-order valence-electron chi connectivity index (χ3n) is 4.26. The minimum absolute atomic E-state index is 0.218. The summed E-state index contributed by atoms with van der Waals surface area (Å²) in [4.78, 5) is 12.2. The standard InChI is InChI=1S/C15H25N3O2/c1-5-13-10(3)17-18(11(13)4)9-15(16,12-7-8-12)14(19)20-6-2/h12H,5-9,16H2,1-4H3. The van der Waals surface area contributed by atoms with Crippen molar-refractivity contribution < 1.29 is 9.53 Å². The summed E-state index contributed by atoms with van der Waals surface area (Å²) in [6, 6.07) is 0. The van der Waals surface area contributed by atoms with Crippen LogP contribution < -0.4 is 5.73 Å². The van der Waals surface area contributed by atoms with Gasteiger partial charge >= 0.3 is 5.97 Å². The van der Waals surface area contributed by atoms with E-state index in [1.165, 1.54) is 5.56 Å². The summed E-state index contributed by atoms with van der Waals surface area (Å²) in [6.07, 6.45) is 2.93. The zero-order valence-electron chi connectivity index (χ0n) is 12.9. The van der Waals surface area contributed by atoms with E-state index in [1.54, 1.807) is 0 Å². The number of ether oxygens (including phenoxy) is 1. The average Bonchev–Trinajstić information content (AvgIpc) is 3.19. The second-order valence-corrected chi connectivity index (χ2v) is 5.70. The van der Waals surface area contributed by atoms with Crippen molar-refractivity contribution >= 4 is 5.97 Å². The van der Waals surface area contributed by atoms with Crippen molar-refractivity contribution in [1.82, 2.24) is 9.78 Å². The third kappa shape index (κ3) is 2.59. The van der Waals surface area contributed by atoms with Crippen LogP contribution in [-0.4, -0.2) is 27.9 Å². The van der Waals surface area contributed by atoms with Gasteiger partial charge in [-0.2, -0.15) is 5.10 Å². The molecule has 112 valence electrons. The molecule has 5 heteroatoms. The summed E-state index contributed by atoms with van der Waals surface area (Å²) in [5, 5.41) is 4.55. The van der Waals surface area contributed by atoms with E-state index in [0.29, 0.717) is 13.2 Å². The number of nitrogens with zero attached hydrogens (tertiary/aromatic N) is 2. The van der Waals surface area contributed by atoms with Gasteiger partial charge in [0.15, 0.2) is 0 Å². The van der Waals surface area contributed by atoms with Gasteiger partial charge in [0, 0.05) is 5.69 Å². The van der Waals surface area contributed by atoms with Crippen LogP contribution in [0.5, 0.6) is 0 Å². The van der Waals surface area contributed by atoms with Crippen LogP contribution in [0.15, 0.2) is 0 Å². The van der Waals surface area contributed by atoms with Crippen molar-refractivity contribution in [3.8, 4) is 0 Å². The number of aryl methyl sites for hydroxylation is 1. The van der Waals surface area contributed by atoms with E-state index in [2.05, 4.69) is 12.0 Å². The molecule has 0 aliphatic heterocycles. The Balaban J connectivity index is 2.27. The molecule has 1 unspecified atom stereocenters. The van der Waals surface area contributed by atoms with E-state index in [4.69, 9.17) is 10.5 Å². The lowest BCUT2D eigenvalue weighted by Crippen LogP contribution is -2.54. The number of carbonyl (C=O) groups is 1. The maximum atomic E-state index is 12.2. The van der Waals surface area contributed by atoms with Crippen molar-refractivity contribution in [1.29, 1.82) is 0 Å². The van der Waals surface area contributed by atoms with Crippen LogP contribution in [0.25, 0.3) is 0 Å². The lowest BCUT2D eigenvalue weighted by Gasteiger charge is -2.27. The number of carbonyl (C=O) groups excluding carboxylic acids is 1. The molecule has 0 spiro atoms. The van der Waals surface area contributed by atoms with E-state index >= 15 is 0 Å². The molecular weight excluding hydrogens is 254 g/mol. The first-order valence-electron chi connectivity index (χ1n) is 7.43. The fourth-order valence-electron chi connectivity index (χ4n) is 2.87. The monoisotopic (exact) mass is 279 g/mol. The molecule has 0 radical (unpaired) electrons. The number of nitrogens with two attached hydrogens (primary N) is 1. The first-order valence-corrected chi connectivity index (χ1v) is 7.43. The van der Waals surface area contributed by atoms with Gasteiger partial charge in [-0.25, -0.2) is 4.79 Å². The smallest absolute Gasteiger partial charge is 0.328 e. The third-order valence-corrected chi connectivity index (χ3v) is 4.26. The van der Waals surface area contributed by atoms with Gasteiger partial charge in [0.2, 0.25) is 0 Å². The largest absolute Gasteiger partial charge is 0.465 e. The summed E-state index contributed by atoms with van der Waals surface area (Å²) >= 11 is 0. The number of aromatic nitrogens is 2. The molecular formula is C15H25N3O2. The van der Waals surface area contributed by atoms with E-state index < -0.39 is 5.54 Å². The Hall–Kier alpha value is -1.36. The fraction of sp³-hybridized carbons (Fsp3) is 0.733. The van der Waals surface area contributed by atoms with Gasteiger partial charge in [-0.15, -0.1) is 0 Å². The Bertz CT molecular complexity index is 505. The fourth-order valence-corrected chi connectivity index (χ4v) is 2.87. The molecule has 0 bridgehead atoms. The summed E-state index contributed by atoms with van der Waals surface area (Å²) < 4.78 is 7.06. The molecule has 2 N–H and O–H groups in total. The first kappa shape index (κ1) is 15.0. The zero-order valence-corrected chi connectivity index (χ0v) is 12.9. The average molecular weight is 279 g/mol. The summed E-state index contributed by atoms with van der Waals surface area (Å²) in [5.41, 5.74) is 8.82. The summed E-state index contributed by atoms with van der Waals surface area (Å²) in [5.74, 6) is -0.0800. The molecule has 5 nitrogen and oxygen atoms in total. The van der Waals surface area contributed by atoms with Crippen LogP contribution in [0.2, 0.25) is 0 Å². The Labute approximate surface area is 120 Å². The molecule has 1 aliphatic rings. The van der Waals surface area contributed by atoms with Gasteiger partial charge in [0.1, 0.15) is 5.54 Å². The zero-order chi connectivity index (χ0) is 14.9. The first-order chi connectivity index (χ1) is 9.43. The van der Waals surface area contributed by atoms with Crippen LogP contribution in [-0.2, 0) is 22.5 Å². The maximum Gasteiger partial charge on any atom is 0.328 e. The van der Waals surface area contributed by atoms with Crippen LogP contribution >= 0.6 is 0 Å². The SMILES string of the molecule is CCOC(=O)C(N)(Cn1nc(C)c(CC)c1C)C1CC1. The molecule has 1 saturated carbocycles. The second kappa shape index (κ2) is 5.56.